The molecule has 3 rings (SSSR count). The predicted molar refractivity (Wildman–Crippen MR) is 103 cm³/mol. The maximum absolute atomic E-state index is 12.3. The minimum Gasteiger partial charge on any atom is -0.457 e. The van der Waals surface area contributed by atoms with Gasteiger partial charge in [-0.2, -0.15) is 0 Å². The molecule has 1 fully saturated rings. The van der Waals surface area contributed by atoms with Crippen molar-refractivity contribution in [1.29, 1.82) is 0 Å². The topological polar surface area (TPSA) is 97.5 Å². The van der Waals surface area contributed by atoms with E-state index in [-0.39, 0.29) is 17.5 Å². The monoisotopic (exact) mass is 368 g/mol. The first-order valence-electron chi connectivity index (χ1n) is 9.09. The molecule has 142 valence electrons. The number of hydrogen-bond donors (Lipinski definition) is 2. The quantitative estimate of drug-likeness (QED) is 0.578. The van der Waals surface area contributed by atoms with Gasteiger partial charge in [0, 0.05) is 50.1 Å². The summed E-state index contributed by atoms with van der Waals surface area (Å²) in [7, 11) is 0. The van der Waals surface area contributed by atoms with E-state index < -0.39 is 0 Å². The molecule has 0 saturated carbocycles. The number of likely N-dealkylation sites (tertiary alicyclic amines) is 1. The number of hydrogen-bond acceptors (Lipinski definition) is 5. The average molecular weight is 368 g/mol. The normalized spacial score (nSPS) is 13.7. The summed E-state index contributed by atoms with van der Waals surface area (Å²) in [5.41, 5.74) is 7.80. The Labute approximate surface area is 158 Å². The molecule has 0 aliphatic carbocycles. The van der Waals surface area contributed by atoms with Crippen molar-refractivity contribution < 1.29 is 14.3 Å². The first kappa shape index (κ1) is 18.7. The molecule has 2 amide bonds. The second-order valence-electron chi connectivity index (χ2n) is 6.59. The first-order valence-corrected chi connectivity index (χ1v) is 9.09. The van der Waals surface area contributed by atoms with E-state index >= 15 is 0 Å². The van der Waals surface area contributed by atoms with E-state index in [2.05, 4.69) is 10.3 Å². The van der Waals surface area contributed by atoms with E-state index in [9.17, 15) is 9.59 Å². The number of nitrogen functional groups attached to an aromatic ring is 1. The summed E-state index contributed by atoms with van der Waals surface area (Å²) < 4.78 is 5.77. The second kappa shape index (κ2) is 8.53. The zero-order chi connectivity index (χ0) is 19.2. The second-order valence-corrected chi connectivity index (χ2v) is 6.59. The molecule has 3 N–H and O–H groups in total. The molecule has 0 bridgehead atoms. The number of ether oxygens (including phenoxy) is 1. The van der Waals surface area contributed by atoms with Crippen LogP contribution in [0.5, 0.6) is 11.5 Å². The van der Waals surface area contributed by atoms with E-state index in [0.29, 0.717) is 36.7 Å². The lowest BCUT2D eigenvalue weighted by molar-refractivity contribution is -0.127. The van der Waals surface area contributed by atoms with E-state index in [1.807, 2.05) is 24.0 Å². The third-order valence-electron chi connectivity index (χ3n) is 4.51. The maximum Gasteiger partial charge on any atom is 0.270 e. The number of rotatable bonds is 7. The highest BCUT2D eigenvalue weighted by atomic mass is 16.5. The van der Waals surface area contributed by atoms with Crippen LogP contribution in [0, 0.1) is 6.92 Å². The van der Waals surface area contributed by atoms with Crippen molar-refractivity contribution in [3.63, 3.8) is 0 Å². The molecule has 2 heterocycles. The van der Waals surface area contributed by atoms with Crippen LogP contribution in [0.15, 0.2) is 36.5 Å². The van der Waals surface area contributed by atoms with Gasteiger partial charge < -0.3 is 20.7 Å². The van der Waals surface area contributed by atoms with E-state index in [1.54, 1.807) is 18.2 Å². The van der Waals surface area contributed by atoms with Crippen molar-refractivity contribution in [3.8, 4) is 11.5 Å². The summed E-state index contributed by atoms with van der Waals surface area (Å²) in [6.45, 7) is 3.90. The summed E-state index contributed by atoms with van der Waals surface area (Å²) in [5.74, 6) is 1.05. The summed E-state index contributed by atoms with van der Waals surface area (Å²) in [4.78, 5) is 29.8. The molecule has 1 saturated heterocycles. The third-order valence-corrected chi connectivity index (χ3v) is 4.51. The fourth-order valence-corrected chi connectivity index (χ4v) is 2.92. The Morgan fingerprint density at radius 3 is 2.85 bits per heavy atom. The molecule has 0 atom stereocenters. The highest BCUT2D eigenvalue weighted by Crippen LogP contribution is 2.25. The van der Waals surface area contributed by atoms with Gasteiger partial charge in [-0.1, -0.05) is 6.07 Å². The van der Waals surface area contributed by atoms with Crippen LogP contribution >= 0.6 is 0 Å². The van der Waals surface area contributed by atoms with Crippen LogP contribution in [-0.2, 0) is 4.79 Å². The average Bonchev–Trinajstić information content (AvgIpc) is 3.07. The number of nitrogens with zero attached hydrogens (tertiary/aromatic N) is 2. The van der Waals surface area contributed by atoms with Gasteiger partial charge in [-0.05, 0) is 37.5 Å². The Balaban J connectivity index is 1.52. The van der Waals surface area contributed by atoms with Crippen LogP contribution in [-0.4, -0.2) is 41.3 Å². The maximum atomic E-state index is 12.3. The Morgan fingerprint density at radius 2 is 2.11 bits per heavy atom. The fourth-order valence-electron chi connectivity index (χ4n) is 2.92. The zero-order valence-corrected chi connectivity index (χ0v) is 15.4. The Hall–Kier alpha value is -3.09. The van der Waals surface area contributed by atoms with Crippen LogP contribution < -0.4 is 15.8 Å². The number of anilines is 1. The van der Waals surface area contributed by atoms with Gasteiger partial charge >= 0.3 is 0 Å². The number of carbonyl (C=O) groups excluding carboxylic acids is 2. The molecule has 27 heavy (non-hydrogen) atoms. The van der Waals surface area contributed by atoms with Crippen molar-refractivity contribution >= 4 is 17.5 Å². The minimum atomic E-state index is -0.267. The SMILES string of the molecule is Cc1ccc(Oc2ccnc(C(=O)NCCCN3CCCC3=O)c2)cc1N. The lowest BCUT2D eigenvalue weighted by Gasteiger charge is -2.15. The van der Waals surface area contributed by atoms with Gasteiger partial charge in [0.15, 0.2) is 0 Å². The van der Waals surface area contributed by atoms with Crippen LogP contribution in [0.3, 0.4) is 0 Å². The standard InChI is InChI=1S/C20H24N4O3/c1-14-5-6-15(12-17(14)21)27-16-7-9-22-18(13-16)20(26)23-8-3-11-24-10-2-4-19(24)25/h5-7,9,12-13H,2-4,8,10-11,21H2,1H3,(H,23,26). The van der Waals surface area contributed by atoms with Crippen molar-refractivity contribution in [2.45, 2.75) is 26.2 Å². The van der Waals surface area contributed by atoms with Crippen LogP contribution in [0.4, 0.5) is 5.69 Å². The molecule has 7 nitrogen and oxygen atoms in total. The van der Waals surface area contributed by atoms with Crippen molar-refractivity contribution in [1.82, 2.24) is 15.2 Å². The Morgan fingerprint density at radius 1 is 1.30 bits per heavy atom. The van der Waals surface area contributed by atoms with Crippen LogP contribution in [0.2, 0.25) is 0 Å². The highest BCUT2D eigenvalue weighted by molar-refractivity contribution is 5.92. The molecule has 0 radical (unpaired) electrons. The Kier molecular flexibility index (Phi) is 5.90. The number of benzene rings is 1. The Bertz CT molecular complexity index is 838. The number of aromatic nitrogens is 1. The third kappa shape index (κ3) is 4.97. The van der Waals surface area contributed by atoms with Gasteiger partial charge in [0.1, 0.15) is 17.2 Å². The lowest BCUT2D eigenvalue weighted by atomic mass is 10.2. The van der Waals surface area contributed by atoms with Crippen molar-refractivity contribution in [3.05, 3.63) is 47.8 Å². The van der Waals surface area contributed by atoms with E-state index in [4.69, 9.17) is 10.5 Å². The molecule has 1 aromatic carbocycles. The number of pyridine rings is 1. The van der Waals surface area contributed by atoms with Gasteiger partial charge in [-0.15, -0.1) is 0 Å². The number of nitrogens with two attached hydrogens (primary N) is 1. The molecule has 0 unspecified atom stereocenters. The first-order chi connectivity index (χ1) is 13.0. The minimum absolute atomic E-state index is 0.199. The molecule has 1 aliphatic rings. The van der Waals surface area contributed by atoms with Crippen LogP contribution in [0.1, 0.15) is 35.3 Å². The van der Waals surface area contributed by atoms with Gasteiger partial charge in [0.25, 0.3) is 5.91 Å². The van der Waals surface area contributed by atoms with Crippen molar-refractivity contribution in [2.24, 2.45) is 0 Å². The molecule has 0 spiro atoms. The summed E-state index contributed by atoms with van der Waals surface area (Å²) in [6.07, 6.45) is 3.81. The molecular weight excluding hydrogens is 344 g/mol. The smallest absolute Gasteiger partial charge is 0.270 e. The molecule has 2 aromatic rings. The zero-order valence-electron chi connectivity index (χ0n) is 15.4. The molecule has 1 aliphatic heterocycles. The highest BCUT2D eigenvalue weighted by Gasteiger charge is 2.19. The number of aryl methyl sites for hydroxylation is 1. The van der Waals surface area contributed by atoms with E-state index in [0.717, 1.165) is 24.9 Å². The predicted octanol–water partition coefficient (Wildman–Crippen LogP) is 2.51. The summed E-state index contributed by atoms with van der Waals surface area (Å²) >= 11 is 0. The largest absolute Gasteiger partial charge is 0.457 e. The number of carbonyl (C=O) groups is 2. The van der Waals surface area contributed by atoms with Gasteiger partial charge in [0.05, 0.1) is 0 Å². The fraction of sp³-hybridized carbons (Fsp3) is 0.350. The molecular formula is C20H24N4O3. The van der Waals surface area contributed by atoms with Gasteiger partial charge in [0.2, 0.25) is 5.91 Å². The van der Waals surface area contributed by atoms with Gasteiger partial charge in [-0.3, -0.25) is 14.6 Å². The summed E-state index contributed by atoms with van der Waals surface area (Å²) in [6, 6.07) is 8.73. The number of amides is 2. The van der Waals surface area contributed by atoms with Crippen molar-refractivity contribution in [2.75, 3.05) is 25.4 Å². The molecule has 7 heteroatoms. The van der Waals surface area contributed by atoms with Crippen LogP contribution in [0.25, 0.3) is 0 Å². The van der Waals surface area contributed by atoms with Gasteiger partial charge in [-0.25, -0.2) is 0 Å². The van der Waals surface area contributed by atoms with E-state index in [1.165, 1.54) is 6.20 Å². The lowest BCUT2D eigenvalue weighted by Crippen LogP contribution is -2.30. The summed E-state index contributed by atoms with van der Waals surface area (Å²) in [5, 5.41) is 2.83. The number of nitrogens with one attached hydrogen (secondary N) is 1. The molecule has 1 aromatic heterocycles.